The summed E-state index contributed by atoms with van der Waals surface area (Å²) >= 11 is 0.996. The molecule has 1 aliphatic rings. The third-order valence-corrected chi connectivity index (χ3v) is 5.61. The molecule has 3 heterocycles. The molecule has 29 heavy (non-hydrogen) atoms. The third kappa shape index (κ3) is 3.64. The smallest absolute Gasteiger partial charge is 0.197 e. The number of carboxylic acid groups (broad SMARTS) is 1. The minimum atomic E-state index is -1.20. The molecule has 1 N–H and O–H groups in total. The minimum absolute atomic E-state index is 0.270. The number of rotatable bonds is 5. The second kappa shape index (κ2) is 7.39. The largest absolute Gasteiger partial charge is 0.549 e. The van der Waals surface area contributed by atoms with Crippen LogP contribution < -0.4 is 10.4 Å². The lowest BCUT2D eigenvalue weighted by atomic mass is 9.89. The first-order valence-corrected chi connectivity index (χ1v) is 10.00. The number of carbonyl (C=O) groups is 1. The molecule has 0 radical (unpaired) electrons. The van der Waals surface area contributed by atoms with Gasteiger partial charge in [-0.25, -0.2) is 0 Å². The summed E-state index contributed by atoms with van der Waals surface area (Å²) in [6.07, 6.45) is 0.555. The Morgan fingerprint density at radius 3 is 2.79 bits per heavy atom. The second-order valence-corrected chi connectivity index (χ2v) is 8.25. The lowest BCUT2D eigenvalue weighted by Gasteiger charge is -2.33. The highest BCUT2D eigenvalue weighted by Crippen LogP contribution is 2.38. The monoisotopic (exact) mass is 408 g/mol. The van der Waals surface area contributed by atoms with Crippen LogP contribution in [0.1, 0.15) is 30.5 Å². The molecule has 4 rings (SSSR count). The zero-order chi connectivity index (χ0) is 20.6. The number of nitrogens with one attached hydrogen (secondary N) is 1. The van der Waals surface area contributed by atoms with Gasteiger partial charge in [-0.1, -0.05) is 30.0 Å². The van der Waals surface area contributed by atoms with Crippen LogP contribution >= 0.6 is 11.8 Å². The number of ether oxygens (including phenoxy) is 1. The predicted molar refractivity (Wildman–Crippen MR) is 106 cm³/mol. The van der Waals surface area contributed by atoms with E-state index in [1.807, 2.05) is 44.2 Å². The molecule has 148 valence electrons. The molecule has 0 atom stereocenters. The Morgan fingerprint density at radius 1 is 1.34 bits per heavy atom. The Labute approximate surface area is 171 Å². The van der Waals surface area contributed by atoms with Crippen molar-refractivity contribution >= 4 is 34.9 Å². The van der Waals surface area contributed by atoms with Crippen LogP contribution in [0, 0.1) is 11.3 Å². The number of benzene rings is 1. The maximum Gasteiger partial charge on any atom is 0.197 e. The van der Waals surface area contributed by atoms with E-state index in [0.717, 1.165) is 28.6 Å². The van der Waals surface area contributed by atoms with Crippen molar-refractivity contribution in [2.45, 2.75) is 37.6 Å². The molecule has 1 aromatic carbocycles. The second-order valence-electron chi connectivity index (χ2n) is 7.31. The van der Waals surface area contributed by atoms with E-state index in [9.17, 15) is 15.2 Å². The topological polar surface area (TPSA) is 115 Å². The maximum atomic E-state index is 11.0. The van der Waals surface area contributed by atoms with E-state index in [4.69, 9.17) is 4.74 Å². The lowest BCUT2D eigenvalue weighted by molar-refractivity contribution is -0.301. The molecule has 0 saturated carbocycles. The van der Waals surface area contributed by atoms with Crippen LogP contribution in [0.15, 0.2) is 35.5 Å². The molecular formula is C20H18N5O3S-. The quantitative estimate of drug-likeness (QED) is 0.638. The summed E-state index contributed by atoms with van der Waals surface area (Å²) in [5, 5.41) is 33.1. The van der Waals surface area contributed by atoms with Gasteiger partial charge >= 0.3 is 0 Å². The van der Waals surface area contributed by atoms with Gasteiger partial charge in [0.15, 0.2) is 10.8 Å². The summed E-state index contributed by atoms with van der Waals surface area (Å²) in [6.45, 7) is 4.27. The number of carbonyl (C=O) groups excluding carboxylic acids is 1. The number of nitriles is 1. The minimum Gasteiger partial charge on any atom is -0.549 e. The molecule has 0 unspecified atom stereocenters. The molecule has 9 heteroatoms. The number of aromatic nitrogens is 3. The predicted octanol–water partition coefficient (Wildman–Crippen LogP) is 2.04. The van der Waals surface area contributed by atoms with Gasteiger partial charge in [0.25, 0.3) is 0 Å². The molecule has 1 aliphatic heterocycles. The number of thioether (sulfide) groups is 1. The van der Waals surface area contributed by atoms with Crippen LogP contribution in [-0.4, -0.2) is 31.9 Å². The van der Waals surface area contributed by atoms with Crippen molar-refractivity contribution < 1.29 is 14.6 Å². The van der Waals surface area contributed by atoms with Crippen LogP contribution in [0.5, 0.6) is 0 Å². The summed E-state index contributed by atoms with van der Waals surface area (Å²) in [5.74, 6) is -0.961. The molecule has 8 nitrogen and oxygen atoms in total. The SMILES string of the molecule is CC1(C)Cc2c(C#N)c(Nc3ccccc3)n3c(SCC(=O)[O-])nnc3c2CO1. The van der Waals surface area contributed by atoms with Crippen molar-refractivity contribution in [3.63, 3.8) is 0 Å². The number of hydrogen-bond donors (Lipinski definition) is 1. The summed E-state index contributed by atoms with van der Waals surface area (Å²) in [4.78, 5) is 11.0. The molecule has 0 bridgehead atoms. The van der Waals surface area contributed by atoms with E-state index in [1.165, 1.54) is 0 Å². The van der Waals surface area contributed by atoms with E-state index in [-0.39, 0.29) is 5.75 Å². The number of anilines is 2. The zero-order valence-electron chi connectivity index (χ0n) is 15.9. The highest BCUT2D eigenvalue weighted by molar-refractivity contribution is 7.99. The van der Waals surface area contributed by atoms with Gasteiger partial charge in [-0.2, -0.15) is 5.26 Å². The van der Waals surface area contributed by atoms with Gasteiger partial charge in [-0.05, 0) is 31.5 Å². The van der Waals surface area contributed by atoms with E-state index >= 15 is 0 Å². The van der Waals surface area contributed by atoms with Crippen LogP contribution in [0.4, 0.5) is 11.5 Å². The number of aliphatic carboxylic acids is 1. The summed E-state index contributed by atoms with van der Waals surface area (Å²) in [7, 11) is 0. The first-order chi connectivity index (χ1) is 13.9. The number of para-hydroxylation sites is 1. The van der Waals surface area contributed by atoms with Crippen molar-refractivity contribution in [2.75, 3.05) is 11.1 Å². The molecule has 2 aromatic heterocycles. The zero-order valence-corrected chi connectivity index (χ0v) is 16.7. The van der Waals surface area contributed by atoms with Gasteiger partial charge < -0.3 is 20.0 Å². The van der Waals surface area contributed by atoms with E-state index < -0.39 is 11.6 Å². The van der Waals surface area contributed by atoms with Gasteiger partial charge in [-0.15, -0.1) is 10.2 Å². The maximum absolute atomic E-state index is 11.0. The van der Waals surface area contributed by atoms with Crippen LogP contribution in [0.2, 0.25) is 0 Å². The summed E-state index contributed by atoms with van der Waals surface area (Å²) in [6, 6.07) is 11.8. The summed E-state index contributed by atoms with van der Waals surface area (Å²) in [5.41, 5.74) is 3.08. The van der Waals surface area contributed by atoms with Gasteiger partial charge in [0.1, 0.15) is 11.9 Å². The number of fused-ring (bicyclic) bond motifs is 3. The standard InChI is InChI=1S/C20H19N5O3S/c1-20(2)8-13-14(9-21)17(22-12-6-4-3-5-7-12)25-18(15(13)10-28-20)23-24-19(25)29-11-16(26)27/h3-7,22H,8,10-11H2,1-2H3,(H,26,27)/p-1. The van der Waals surface area contributed by atoms with Gasteiger partial charge in [0.2, 0.25) is 0 Å². The van der Waals surface area contributed by atoms with Crippen molar-refractivity contribution in [1.29, 1.82) is 5.26 Å². The number of carboxylic acids is 1. The van der Waals surface area contributed by atoms with Crippen molar-refractivity contribution in [2.24, 2.45) is 0 Å². The van der Waals surface area contributed by atoms with Crippen molar-refractivity contribution in [3.8, 4) is 6.07 Å². The average molecular weight is 408 g/mol. The fourth-order valence-electron chi connectivity index (χ4n) is 3.41. The Kier molecular flexibility index (Phi) is 4.90. The van der Waals surface area contributed by atoms with E-state index in [0.29, 0.717) is 35.2 Å². The Hall–Kier alpha value is -3.09. The van der Waals surface area contributed by atoms with Crippen molar-refractivity contribution in [3.05, 3.63) is 47.0 Å². The molecular weight excluding hydrogens is 390 g/mol. The first kappa shape index (κ1) is 19.2. The van der Waals surface area contributed by atoms with E-state index in [1.54, 1.807) is 4.40 Å². The van der Waals surface area contributed by atoms with Crippen molar-refractivity contribution in [1.82, 2.24) is 14.6 Å². The van der Waals surface area contributed by atoms with Crippen LogP contribution in [-0.2, 0) is 22.6 Å². The van der Waals surface area contributed by atoms with Crippen LogP contribution in [0.3, 0.4) is 0 Å². The van der Waals surface area contributed by atoms with Gasteiger partial charge in [-0.3, -0.25) is 4.40 Å². The Bertz CT molecular complexity index is 1130. The molecule has 0 spiro atoms. The first-order valence-electron chi connectivity index (χ1n) is 9.01. The number of nitrogens with zero attached hydrogens (tertiary/aromatic N) is 4. The van der Waals surface area contributed by atoms with Crippen LogP contribution in [0.25, 0.3) is 5.65 Å². The third-order valence-electron chi connectivity index (χ3n) is 4.71. The fraction of sp³-hybridized carbons (Fsp3) is 0.300. The normalized spacial score (nSPS) is 14.9. The average Bonchev–Trinajstić information content (AvgIpc) is 3.10. The molecule has 0 saturated heterocycles. The molecule has 0 amide bonds. The van der Waals surface area contributed by atoms with Gasteiger partial charge in [0.05, 0.1) is 23.7 Å². The van der Waals surface area contributed by atoms with Gasteiger partial charge in [0, 0.05) is 23.4 Å². The Balaban J connectivity index is 1.96. The highest BCUT2D eigenvalue weighted by Gasteiger charge is 2.33. The number of hydrogen-bond acceptors (Lipinski definition) is 8. The summed E-state index contributed by atoms with van der Waals surface area (Å²) < 4.78 is 7.64. The number of pyridine rings is 1. The molecule has 0 aliphatic carbocycles. The lowest BCUT2D eigenvalue weighted by Crippen LogP contribution is -2.33. The Morgan fingerprint density at radius 2 is 2.10 bits per heavy atom. The molecule has 3 aromatic rings. The molecule has 0 fully saturated rings. The fourth-order valence-corrected chi connectivity index (χ4v) is 4.06. The van der Waals surface area contributed by atoms with E-state index in [2.05, 4.69) is 21.6 Å². The highest BCUT2D eigenvalue weighted by atomic mass is 32.2.